The lowest BCUT2D eigenvalue weighted by Crippen LogP contribution is -2.49. The molecular weight excluding hydrogens is 369 g/mol. The van der Waals surface area contributed by atoms with Crippen LogP contribution >= 0.6 is 0 Å². The Bertz CT molecular complexity index is 1110. The number of benzene rings is 2. The van der Waals surface area contributed by atoms with Crippen LogP contribution in [0.2, 0.25) is 0 Å². The van der Waals surface area contributed by atoms with Gasteiger partial charge in [0, 0.05) is 30.7 Å². The molecule has 1 N–H and O–H groups in total. The topological polar surface area (TPSA) is 56.4 Å². The van der Waals surface area contributed by atoms with Gasteiger partial charge in [0.25, 0.3) is 5.56 Å². The smallest absolute Gasteiger partial charge is 0.251 e. The van der Waals surface area contributed by atoms with Crippen molar-refractivity contribution in [3.63, 3.8) is 0 Å². The number of rotatable bonds is 3. The molecule has 5 nitrogen and oxygen atoms in total. The molecule has 2 heterocycles. The summed E-state index contributed by atoms with van der Waals surface area (Å²) in [5, 5.41) is 0.926. The zero-order valence-electron chi connectivity index (χ0n) is 16.6. The lowest BCUT2D eigenvalue weighted by atomic mass is 10.0. The van der Waals surface area contributed by atoms with Crippen LogP contribution in [0.1, 0.15) is 22.7 Å². The molecule has 1 aromatic heterocycles. The van der Waals surface area contributed by atoms with E-state index >= 15 is 0 Å². The summed E-state index contributed by atoms with van der Waals surface area (Å²) < 4.78 is 13.3. The van der Waals surface area contributed by atoms with E-state index in [1.54, 1.807) is 19.1 Å². The summed E-state index contributed by atoms with van der Waals surface area (Å²) in [5.74, 6) is -0.182. The van der Waals surface area contributed by atoms with Gasteiger partial charge in [0.2, 0.25) is 5.91 Å². The van der Waals surface area contributed by atoms with Crippen molar-refractivity contribution < 1.29 is 9.18 Å². The van der Waals surface area contributed by atoms with Crippen LogP contribution in [0.4, 0.5) is 4.39 Å². The molecule has 3 aromatic rings. The summed E-state index contributed by atoms with van der Waals surface area (Å²) in [5.41, 5.74) is 3.27. The fourth-order valence-corrected chi connectivity index (χ4v) is 3.91. The first-order valence-electron chi connectivity index (χ1n) is 9.77. The molecule has 150 valence electrons. The third-order valence-corrected chi connectivity index (χ3v) is 5.71. The van der Waals surface area contributed by atoms with Gasteiger partial charge in [0.05, 0.1) is 12.5 Å². The fraction of sp³-hybridized carbons (Fsp3) is 0.304. The van der Waals surface area contributed by atoms with Crippen molar-refractivity contribution in [1.29, 1.82) is 0 Å². The Balaban J connectivity index is 1.50. The van der Waals surface area contributed by atoms with Gasteiger partial charge in [0.15, 0.2) is 0 Å². The van der Waals surface area contributed by atoms with E-state index < -0.39 is 0 Å². The van der Waals surface area contributed by atoms with Gasteiger partial charge in [-0.15, -0.1) is 0 Å². The van der Waals surface area contributed by atoms with Crippen molar-refractivity contribution in [2.75, 3.05) is 26.7 Å². The number of fused-ring (bicyclic) bond motifs is 1. The molecule has 29 heavy (non-hydrogen) atoms. The molecule has 0 radical (unpaired) electrons. The van der Waals surface area contributed by atoms with Crippen LogP contribution in [0.25, 0.3) is 10.9 Å². The van der Waals surface area contributed by atoms with E-state index in [-0.39, 0.29) is 23.3 Å². The average Bonchev–Trinajstić information content (AvgIpc) is 2.70. The van der Waals surface area contributed by atoms with Crippen molar-refractivity contribution in [3.8, 4) is 0 Å². The maximum atomic E-state index is 13.3. The maximum Gasteiger partial charge on any atom is 0.251 e. The Morgan fingerprint density at radius 3 is 2.66 bits per heavy atom. The third-order valence-electron chi connectivity index (χ3n) is 5.71. The highest BCUT2D eigenvalue weighted by molar-refractivity contribution is 5.83. The van der Waals surface area contributed by atoms with Crippen molar-refractivity contribution in [3.05, 3.63) is 81.4 Å². The molecule has 4 rings (SSSR count). The number of carbonyl (C=O) groups is 1. The summed E-state index contributed by atoms with van der Waals surface area (Å²) >= 11 is 0. The van der Waals surface area contributed by atoms with E-state index in [0.29, 0.717) is 25.1 Å². The van der Waals surface area contributed by atoms with Crippen LogP contribution < -0.4 is 5.56 Å². The Labute approximate surface area is 168 Å². The number of H-pyrrole nitrogens is 1. The molecular formula is C23H24FN3O2. The van der Waals surface area contributed by atoms with E-state index in [4.69, 9.17) is 0 Å². The van der Waals surface area contributed by atoms with Gasteiger partial charge in [-0.3, -0.25) is 14.5 Å². The largest absolute Gasteiger partial charge is 0.339 e. The van der Waals surface area contributed by atoms with Gasteiger partial charge in [-0.1, -0.05) is 18.2 Å². The highest BCUT2D eigenvalue weighted by Crippen LogP contribution is 2.25. The Kier molecular flexibility index (Phi) is 5.20. The van der Waals surface area contributed by atoms with Gasteiger partial charge in [-0.2, -0.15) is 0 Å². The summed E-state index contributed by atoms with van der Waals surface area (Å²) in [6.07, 6.45) is 0.313. The van der Waals surface area contributed by atoms with Gasteiger partial charge < -0.3 is 9.88 Å². The second-order valence-corrected chi connectivity index (χ2v) is 7.77. The second-order valence-electron chi connectivity index (χ2n) is 7.77. The van der Waals surface area contributed by atoms with Gasteiger partial charge in [0.1, 0.15) is 5.82 Å². The number of carbonyl (C=O) groups excluding carboxylic acids is 1. The number of amides is 1. The molecule has 6 heteroatoms. The number of aromatic amines is 1. The minimum atomic E-state index is -0.256. The first-order chi connectivity index (χ1) is 13.9. The summed E-state index contributed by atoms with van der Waals surface area (Å²) in [4.78, 5) is 31.6. The summed E-state index contributed by atoms with van der Waals surface area (Å²) in [7, 11) is 2.03. The molecule has 1 aliphatic heterocycles. The first kappa shape index (κ1) is 19.3. The molecule has 0 spiro atoms. The lowest BCUT2D eigenvalue weighted by Gasteiger charge is -2.39. The zero-order chi connectivity index (χ0) is 20.5. The molecule has 1 aliphatic rings. The predicted octanol–water partition coefficient (Wildman–Crippen LogP) is 3.03. The van der Waals surface area contributed by atoms with E-state index in [1.807, 2.05) is 36.2 Å². The SMILES string of the molecule is Cc1cc2cc(CC(=O)N3CCN(C)C(c4ccc(F)cc4)C3)ccc2[nH]c1=O. The average molecular weight is 393 g/mol. The number of halogens is 1. The number of pyridine rings is 1. The number of aryl methyl sites for hydroxylation is 1. The third kappa shape index (κ3) is 4.07. The van der Waals surface area contributed by atoms with Crippen molar-refractivity contribution >= 4 is 16.8 Å². The Hall–Kier alpha value is -2.99. The van der Waals surface area contributed by atoms with E-state index in [2.05, 4.69) is 9.88 Å². The molecule has 1 amide bonds. The van der Waals surface area contributed by atoms with Gasteiger partial charge in [-0.25, -0.2) is 4.39 Å². The van der Waals surface area contributed by atoms with Crippen LogP contribution in [0, 0.1) is 12.7 Å². The van der Waals surface area contributed by atoms with E-state index in [1.165, 1.54) is 12.1 Å². The lowest BCUT2D eigenvalue weighted by molar-refractivity contribution is -0.133. The van der Waals surface area contributed by atoms with Crippen LogP contribution in [0.5, 0.6) is 0 Å². The van der Waals surface area contributed by atoms with Crippen molar-refractivity contribution in [2.45, 2.75) is 19.4 Å². The minimum absolute atomic E-state index is 0.0534. The van der Waals surface area contributed by atoms with Crippen LogP contribution in [0.3, 0.4) is 0 Å². The van der Waals surface area contributed by atoms with Crippen molar-refractivity contribution in [1.82, 2.24) is 14.8 Å². The van der Waals surface area contributed by atoms with E-state index in [9.17, 15) is 14.0 Å². The highest BCUT2D eigenvalue weighted by atomic mass is 19.1. The highest BCUT2D eigenvalue weighted by Gasteiger charge is 2.28. The Morgan fingerprint density at radius 1 is 1.14 bits per heavy atom. The monoisotopic (exact) mass is 393 g/mol. The number of piperazine rings is 1. The molecule has 1 unspecified atom stereocenters. The van der Waals surface area contributed by atoms with Crippen LogP contribution in [-0.2, 0) is 11.2 Å². The maximum absolute atomic E-state index is 13.3. The second kappa shape index (κ2) is 7.79. The molecule has 1 saturated heterocycles. The van der Waals surface area contributed by atoms with Crippen LogP contribution in [-0.4, -0.2) is 47.4 Å². The Morgan fingerprint density at radius 2 is 1.90 bits per heavy atom. The first-order valence-corrected chi connectivity index (χ1v) is 9.77. The number of nitrogens with zero attached hydrogens (tertiary/aromatic N) is 2. The van der Waals surface area contributed by atoms with E-state index in [0.717, 1.165) is 28.6 Å². The molecule has 1 atom stereocenters. The van der Waals surface area contributed by atoms with Crippen molar-refractivity contribution in [2.24, 2.45) is 0 Å². The normalized spacial score (nSPS) is 17.6. The molecule has 0 aliphatic carbocycles. The minimum Gasteiger partial charge on any atom is -0.339 e. The van der Waals surface area contributed by atoms with Gasteiger partial charge in [-0.05, 0) is 60.8 Å². The summed E-state index contributed by atoms with van der Waals surface area (Å²) in [6.45, 7) is 3.80. The molecule has 0 bridgehead atoms. The number of nitrogens with one attached hydrogen (secondary N) is 1. The quantitative estimate of drug-likeness (QED) is 0.744. The number of likely N-dealkylation sites (N-methyl/N-ethyl adjacent to an activating group) is 1. The van der Waals surface area contributed by atoms with Gasteiger partial charge >= 0.3 is 0 Å². The van der Waals surface area contributed by atoms with Crippen LogP contribution in [0.15, 0.2) is 53.3 Å². The standard InChI is InChI=1S/C23H24FN3O2/c1-15-11-18-12-16(3-8-20(18)25-23(15)29)13-22(28)27-10-9-26(2)21(14-27)17-4-6-19(24)7-5-17/h3-8,11-12,21H,9-10,13-14H2,1-2H3,(H,25,29). The molecule has 0 saturated carbocycles. The molecule has 1 fully saturated rings. The fourth-order valence-electron chi connectivity index (χ4n) is 3.91. The number of aromatic nitrogens is 1. The zero-order valence-corrected chi connectivity index (χ0v) is 16.6. The predicted molar refractivity (Wildman–Crippen MR) is 111 cm³/mol. The number of hydrogen-bond donors (Lipinski definition) is 1. The molecule has 2 aromatic carbocycles. The summed E-state index contributed by atoms with van der Waals surface area (Å²) in [6, 6.07) is 14.1. The number of hydrogen-bond acceptors (Lipinski definition) is 3.